The Kier molecular flexibility index (Phi) is 24.3. The molecule has 0 aromatic carbocycles. The molecule has 0 saturated heterocycles. The second-order valence-corrected chi connectivity index (χ2v) is 17.7. The Morgan fingerprint density at radius 1 is 0.758 bits per heavy atom. The van der Waals surface area contributed by atoms with E-state index in [4.69, 9.17) is 24.4 Å². The highest BCUT2D eigenvalue weighted by Gasteiger charge is 2.47. The van der Waals surface area contributed by atoms with Crippen LogP contribution in [0.25, 0.3) is 0 Å². The highest BCUT2D eigenvalue weighted by Crippen LogP contribution is 2.28. The van der Waals surface area contributed by atoms with Gasteiger partial charge >= 0.3 is 17.4 Å². The van der Waals surface area contributed by atoms with Crippen LogP contribution in [0.15, 0.2) is 122 Å². The molecule has 0 bridgehead atoms. The number of carbonyl (C=O) groups excluding carboxylic acids is 2. The summed E-state index contributed by atoms with van der Waals surface area (Å²) in [5.41, 5.74) is -9.22. The van der Waals surface area contributed by atoms with Crippen LogP contribution in [-0.4, -0.2) is 138 Å². The third kappa shape index (κ3) is 23.8. The molecule has 2 aliphatic heterocycles. The number of carbonyl (C=O) groups is 2. The second-order valence-electron chi connectivity index (χ2n) is 14.0. The fourth-order valence-electron chi connectivity index (χ4n) is 5.05. The maximum atomic E-state index is 12.7. The van der Waals surface area contributed by atoms with Crippen LogP contribution in [0.5, 0.6) is 0 Å². The number of hydrogen-bond acceptors (Lipinski definition) is 15. The Hall–Kier alpha value is -4.29. The van der Waals surface area contributed by atoms with Gasteiger partial charge in [0.05, 0.1) is 49.4 Å². The van der Waals surface area contributed by atoms with E-state index in [1.807, 2.05) is 0 Å². The highest BCUT2D eigenvalue weighted by atomic mass is 32.2. The summed E-state index contributed by atoms with van der Waals surface area (Å²) in [6.45, 7) is 2.33. The Morgan fingerprint density at radius 3 is 1.61 bits per heavy atom. The molecule has 0 saturated carbocycles. The van der Waals surface area contributed by atoms with E-state index in [0.717, 1.165) is 19.3 Å². The van der Waals surface area contributed by atoms with E-state index >= 15 is 0 Å². The van der Waals surface area contributed by atoms with Gasteiger partial charge in [0.2, 0.25) is 10.0 Å². The van der Waals surface area contributed by atoms with Gasteiger partial charge in [-0.3, -0.25) is 0 Å². The normalized spacial score (nSPS) is 22.1. The molecule has 62 heavy (non-hydrogen) atoms. The van der Waals surface area contributed by atoms with Gasteiger partial charge in [0.15, 0.2) is 5.94 Å². The summed E-state index contributed by atoms with van der Waals surface area (Å²) >= 11 is 0. The number of nitrogens with one attached hydrogen (secondary N) is 1. The molecule has 2 heterocycles. The fraction of sp³-hybridized carbons (Fsp3) is 0.463. The third-order valence-electron chi connectivity index (χ3n) is 8.32. The lowest BCUT2D eigenvalue weighted by molar-refractivity contribution is -0.142. The molecule has 7 N–H and O–H groups in total. The first-order valence-electron chi connectivity index (χ1n) is 18.9. The molecule has 0 amide bonds. The topological polar surface area (TPSA) is 264 Å². The number of rotatable bonds is 23. The Balaban J connectivity index is 0.000000625. The molecule has 0 radical (unpaired) electrons. The number of sulfonamides is 1. The molecule has 0 aromatic heterocycles. The molecule has 348 valence electrons. The SMILES string of the molecule is C[C@@](O)(/C=C/[C@H]1CC=CC(=O)O1)C(C[C@@H](O)\C=C/C=C\C=C\CO)NS(C)(=O)=O.C[C@@](O)(/C=C/[C@H]1CC=CC(=O)O1)C(C[C@@H](O)\C=C/C=C\C=C\CO)OCS(=O)(=O)C(F)(F)F. The van der Waals surface area contributed by atoms with Crippen LogP contribution < -0.4 is 4.72 Å². The van der Waals surface area contributed by atoms with Crippen molar-refractivity contribution in [3.05, 3.63) is 122 Å². The zero-order valence-electron chi connectivity index (χ0n) is 34.3. The van der Waals surface area contributed by atoms with Gasteiger partial charge in [-0.05, 0) is 32.4 Å². The standard InChI is InChI=1S/C21H27F3O8S.C20H29NO7S/c1-20(28,12-11-17-9-7-10-19(27)32-17)18(31-15-33(29,30)21(22,23)24)14-16(26)8-5-3-2-4-6-13-25;1-20(25,13-12-17-10-8-11-19(24)28-17)18(21-29(2,26)27)15-16(23)9-6-4-3-5-7-14-22/h2-8,10-12,16-18,25-26,28H,9,13-15H2,1H3;3-9,11-13,16-18,21-23,25H,10,14-15H2,1-2H3/b3-2-,6-4+,8-5-,12-11+;4-3-,7-5+,9-6-,13-12+/t2*16-,17+,18?,20+/m00/s1. The van der Waals surface area contributed by atoms with Gasteiger partial charge in [0, 0.05) is 31.4 Å². The van der Waals surface area contributed by atoms with Crippen molar-refractivity contribution >= 4 is 31.8 Å². The average Bonchev–Trinajstić information content (AvgIpc) is 3.16. The summed E-state index contributed by atoms with van der Waals surface area (Å²) in [6, 6.07) is -1.03. The van der Waals surface area contributed by atoms with Gasteiger partial charge in [-0.15, -0.1) is 0 Å². The number of sulfone groups is 1. The van der Waals surface area contributed by atoms with Crippen molar-refractivity contribution in [2.75, 3.05) is 25.4 Å². The molecular weight excluding hydrogens is 868 g/mol. The number of esters is 2. The van der Waals surface area contributed by atoms with Crippen LogP contribution in [0, 0.1) is 0 Å². The van der Waals surface area contributed by atoms with Crippen molar-refractivity contribution in [3.63, 3.8) is 0 Å². The van der Waals surface area contributed by atoms with E-state index in [9.17, 15) is 60.0 Å². The number of aliphatic hydroxyl groups is 6. The summed E-state index contributed by atoms with van der Waals surface area (Å²) in [7, 11) is -9.30. The second kappa shape index (κ2) is 27.0. The highest BCUT2D eigenvalue weighted by molar-refractivity contribution is 7.92. The molecule has 2 rings (SSSR count). The minimum absolute atomic E-state index is 0.0749. The molecule has 0 aliphatic carbocycles. The fourth-order valence-corrected chi connectivity index (χ4v) is 6.38. The van der Waals surface area contributed by atoms with E-state index in [2.05, 4.69) is 4.72 Å². The third-order valence-corrected chi connectivity index (χ3v) is 10.2. The van der Waals surface area contributed by atoms with Crippen molar-refractivity contribution in [2.45, 2.75) is 92.8 Å². The number of cyclic esters (lactones) is 2. The lowest BCUT2D eigenvalue weighted by Gasteiger charge is -2.32. The molecule has 2 aliphatic rings. The Labute approximate surface area is 359 Å². The van der Waals surface area contributed by atoms with Crippen LogP contribution in [0.4, 0.5) is 13.2 Å². The van der Waals surface area contributed by atoms with E-state index in [1.54, 1.807) is 36.5 Å². The molecule has 0 spiro atoms. The maximum Gasteiger partial charge on any atom is 0.499 e. The number of allylic oxidation sites excluding steroid dienone is 8. The van der Waals surface area contributed by atoms with Crippen LogP contribution in [0.3, 0.4) is 0 Å². The average molecular weight is 924 g/mol. The van der Waals surface area contributed by atoms with Gasteiger partial charge < -0.3 is 44.8 Å². The van der Waals surface area contributed by atoms with Crippen molar-refractivity contribution in [3.8, 4) is 0 Å². The number of hydrogen-bond donors (Lipinski definition) is 7. The molecular formula is C41H56F3NO15S2. The van der Waals surface area contributed by atoms with Crippen molar-refractivity contribution in [1.82, 2.24) is 4.72 Å². The van der Waals surface area contributed by atoms with Crippen LogP contribution in [-0.2, 0) is 43.7 Å². The molecule has 16 nitrogen and oxygen atoms in total. The summed E-state index contributed by atoms with van der Waals surface area (Å²) in [4.78, 5) is 22.6. The van der Waals surface area contributed by atoms with Gasteiger partial charge in [-0.2, -0.15) is 13.2 Å². The van der Waals surface area contributed by atoms with Crippen molar-refractivity contribution in [2.24, 2.45) is 0 Å². The predicted molar refractivity (Wildman–Crippen MR) is 224 cm³/mol. The zero-order valence-corrected chi connectivity index (χ0v) is 35.9. The summed E-state index contributed by atoms with van der Waals surface area (Å²) in [6.07, 6.45) is 25.1. The summed E-state index contributed by atoms with van der Waals surface area (Å²) in [5, 5.41) is 59.2. The van der Waals surface area contributed by atoms with E-state index in [0.29, 0.717) is 12.8 Å². The lowest BCUT2D eigenvalue weighted by Crippen LogP contribution is -2.51. The monoisotopic (exact) mass is 923 g/mol. The molecule has 0 aromatic rings. The minimum atomic E-state index is -5.64. The van der Waals surface area contributed by atoms with Crippen molar-refractivity contribution < 1.29 is 84.4 Å². The van der Waals surface area contributed by atoms with Gasteiger partial charge in [0.1, 0.15) is 17.8 Å². The molecule has 21 heteroatoms. The number of ether oxygens (including phenoxy) is 3. The summed E-state index contributed by atoms with van der Waals surface area (Å²) < 4.78 is 102. The Bertz CT molecular complexity index is 1950. The number of aliphatic hydroxyl groups excluding tert-OH is 4. The van der Waals surface area contributed by atoms with Gasteiger partial charge in [-0.1, -0.05) is 97.2 Å². The smallest absolute Gasteiger partial charge is 0.455 e. The van der Waals surface area contributed by atoms with E-state index in [-0.39, 0.29) is 19.6 Å². The van der Waals surface area contributed by atoms with E-state index in [1.165, 1.54) is 85.9 Å². The first kappa shape index (κ1) is 55.7. The lowest BCUT2D eigenvalue weighted by atomic mass is 9.91. The van der Waals surface area contributed by atoms with Crippen LogP contribution in [0.1, 0.15) is 39.5 Å². The van der Waals surface area contributed by atoms with Crippen molar-refractivity contribution in [1.29, 1.82) is 0 Å². The largest absolute Gasteiger partial charge is 0.499 e. The quantitative estimate of drug-likeness (QED) is 0.0441. The number of halogens is 3. The number of alkyl halides is 3. The predicted octanol–water partition coefficient (Wildman–Crippen LogP) is 2.35. The minimum Gasteiger partial charge on any atom is -0.455 e. The zero-order chi connectivity index (χ0) is 47.0. The maximum absolute atomic E-state index is 12.7. The first-order valence-corrected chi connectivity index (χ1v) is 22.4. The Morgan fingerprint density at radius 2 is 1.19 bits per heavy atom. The van der Waals surface area contributed by atoms with E-state index < -0.39 is 97.4 Å². The van der Waals surface area contributed by atoms with Crippen LogP contribution >= 0.6 is 0 Å². The van der Waals surface area contributed by atoms with Gasteiger partial charge in [0.25, 0.3) is 9.84 Å². The van der Waals surface area contributed by atoms with Gasteiger partial charge in [-0.25, -0.2) is 31.1 Å². The van der Waals surface area contributed by atoms with Crippen LogP contribution in [0.2, 0.25) is 0 Å². The molecule has 0 fully saturated rings. The first-order chi connectivity index (χ1) is 28.8. The molecule has 8 atom stereocenters. The summed E-state index contributed by atoms with van der Waals surface area (Å²) in [5.74, 6) is -2.85. The molecule has 2 unspecified atom stereocenters.